The van der Waals surface area contributed by atoms with Gasteiger partial charge in [0, 0.05) is 33.8 Å². The van der Waals surface area contributed by atoms with Crippen molar-refractivity contribution in [3.8, 4) is 22.4 Å². The van der Waals surface area contributed by atoms with E-state index in [4.69, 9.17) is 10.7 Å². The van der Waals surface area contributed by atoms with Crippen LogP contribution in [0.4, 0.5) is 13.2 Å². The number of benzene rings is 3. The van der Waals surface area contributed by atoms with Crippen LogP contribution >= 0.6 is 0 Å². The molecule has 5 rings (SSSR count). The molecule has 11 heteroatoms. The van der Waals surface area contributed by atoms with Gasteiger partial charge in [-0.1, -0.05) is 84.9 Å². The van der Waals surface area contributed by atoms with Crippen LogP contribution in [0.15, 0.2) is 103 Å². The van der Waals surface area contributed by atoms with E-state index in [2.05, 4.69) is 15.0 Å². The van der Waals surface area contributed by atoms with Crippen molar-refractivity contribution in [2.45, 2.75) is 12.4 Å². The summed E-state index contributed by atoms with van der Waals surface area (Å²) in [7, 11) is 0. The molecule has 1 amide bonds. The van der Waals surface area contributed by atoms with Crippen LogP contribution in [-0.2, 0) is 9.53 Å². The van der Waals surface area contributed by atoms with Crippen LogP contribution in [0.5, 0.6) is 0 Å². The molecular formula is C32H23F3N4O4. The van der Waals surface area contributed by atoms with Gasteiger partial charge in [0.25, 0.3) is 5.91 Å². The highest BCUT2D eigenvalue weighted by Gasteiger charge is 2.42. The number of Topliss-reactive ketones (excluding diaryl/α,β-unsaturated/α-hetero) is 1. The molecule has 8 nitrogen and oxygen atoms in total. The molecule has 0 spiro atoms. The fraction of sp³-hybridized carbons (Fsp3) is 0.0938. The quantitative estimate of drug-likeness (QED) is 0.137. The lowest BCUT2D eigenvalue weighted by Crippen LogP contribution is -2.30. The van der Waals surface area contributed by atoms with E-state index in [9.17, 15) is 27.6 Å². The van der Waals surface area contributed by atoms with Crippen molar-refractivity contribution in [1.82, 2.24) is 15.3 Å². The average molecular weight is 585 g/mol. The monoisotopic (exact) mass is 584 g/mol. The van der Waals surface area contributed by atoms with Crippen molar-refractivity contribution in [2.24, 2.45) is 5.73 Å². The lowest BCUT2D eigenvalue weighted by Gasteiger charge is -2.16. The summed E-state index contributed by atoms with van der Waals surface area (Å²) >= 11 is 0. The van der Waals surface area contributed by atoms with Gasteiger partial charge in [0.2, 0.25) is 0 Å². The first-order valence-electron chi connectivity index (χ1n) is 13.0. The normalized spacial score (nSPS) is 12.0. The number of carbonyl (C=O) groups is 3. The van der Waals surface area contributed by atoms with E-state index in [1.807, 2.05) is 30.3 Å². The molecule has 0 saturated carbocycles. The van der Waals surface area contributed by atoms with Gasteiger partial charge in [0.1, 0.15) is 5.69 Å². The molecule has 1 unspecified atom stereocenters. The maximum absolute atomic E-state index is 13.2. The number of nitrogens with zero attached hydrogens (tertiary/aromatic N) is 2. The molecule has 5 aromatic rings. The second-order valence-corrected chi connectivity index (χ2v) is 9.39. The molecule has 3 aromatic carbocycles. The first kappa shape index (κ1) is 29.1. The Morgan fingerprint density at radius 1 is 0.860 bits per heavy atom. The van der Waals surface area contributed by atoms with Gasteiger partial charge in [-0.3, -0.25) is 20.3 Å². The number of ether oxygens (including phenoxy) is 1. The maximum Gasteiger partial charge on any atom is 0.490 e. The highest BCUT2D eigenvalue weighted by molar-refractivity contribution is 6.08. The number of amides is 1. The summed E-state index contributed by atoms with van der Waals surface area (Å²) in [6.07, 6.45) is -5.35. The Morgan fingerprint density at radius 3 is 2.16 bits per heavy atom. The molecule has 2 heterocycles. The zero-order valence-corrected chi connectivity index (χ0v) is 22.3. The number of halogens is 3. The van der Waals surface area contributed by atoms with Crippen LogP contribution in [0, 0.1) is 0 Å². The van der Waals surface area contributed by atoms with Crippen LogP contribution in [-0.4, -0.2) is 40.3 Å². The SMILES string of the molecule is NC(OC(=O)C(F)(F)F)c1ccc(-c2nc3ccnc(C(=O)NCC(=O)c4ccccc4)c3cc2-c2ccccc2)cc1. The van der Waals surface area contributed by atoms with E-state index in [0.717, 1.165) is 5.56 Å². The molecule has 1 atom stereocenters. The number of hydrogen-bond donors (Lipinski definition) is 2. The van der Waals surface area contributed by atoms with Gasteiger partial charge in [0.15, 0.2) is 12.0 Å². The lowest BCUT2D eigenvalue weighted by atomic mass is 9.96. The van der Waals surface area contributed by atoms with Crippen molar-refractivity contribution in [3.05, 3.63) is 120 Å². The summed E-state index contributed by atoms with van der Waals surface area (Å²) < 4.78 is 42.1. The van der Waals surface area contributed by atoms with Crippen molar-refractivity contribution in [1.29, 1.82) is 0 Å². The third kappa shape index (κ3) is 6.57. The van der Waals surface area contributed by atoms with Gasteiger partial charge in [0.05, 0.1) is 17.8 Å². The number of hydrogen-bond acceptors (Lipinski definition) is 7. The predicted octanol–water partition coefficient (Wildman–Crippen LogP) is 5.64. The highest BCUT2D eigenvalue weighted by Crippen LogP contribution is 2.34. The standard InChI is InChI=1S/C32H23F3N4O4/c33-32(34,35)31(42)43-29(36)22-13-11-21(12-14-22)27-23(19-7-3-1-4-8-19)17-24-25(39-27)15-16-37-28(24)30(41)38-18-26(40)20-9-5-2-6-10-20/h1-17,29H,18,36H2,(H,38,41). The third-order valence-corrected chi connectivity index (χ3v) is 6.53. The van der Waals surface area contributed by atoms with Crippen molar-refractivity contribution in [3.63, 3.8) is 0 Å². The molecule has 0 aliphatic rings. The van der Waals surface area contributed by atoms with Crippen molar-refractivity contribution in [2.75, 3.05) is 6.54 Å². The summed E-state index contributed by atoms with van der Waals surface area (Å²) in [5.41, 5.74) is 9.36. The van der Waals surface area contributed by atoms with Gasteiger partial charge in [-0.25, -0.2) is 9.78 Å². The number of rotatable bonds is 8. The first-order valence-corrected chi connectivity index (χ1v) is 13.0. The van der Waals surface area contributed by atoms with Crippen LogP contribution in [0.25, 0.3) is 33.3 Å². The minimum absolute atomic E-state index is 0.0856. The molecule has 3 N–H and O–H groups in total. The van der Waals surface area contributed by atoms with Crippen molar-refractivity contribution < 1.29 is 32.3 Å². The molecule has 0 fully saturated rings. The largest absolute Gasteiger partial charge is 0.490 e. The number of aromatic nitrogens is 2. The Bertz CT molecular complexity index is 1800. The zero-order valence-electron chi connectivity index (χ0n) is 22.3. The van der Waals surface area contributed by atoms with Gasteiger partial charge >= 0.3 is 12.1 Å². The van der Waals surface area contributed by atoms with E-state index in [1.165, 1.54) is 18.3 Å². The molecular weight excluding hydrogens is 561 g/mol. The molecule has 0 aliphatic heterocycles. The number of ketones is 1. The van der Waals surface area contributed by atoms with E-state index in [1.54, 1.807) is 54.6 Å². The number of nitrogens with one attached hydrogen (secondary N) is 1. The maximum atomic E-state index is 13.2. The molecule has 2 aromatic heterocycles. The van der Waals surface area contributed by atoms with Crippen LogP contribution in [0.2, 0.25) is 0 Å². The highest BCUT2D eigenvalue weighted by atomic mass is 19.4. The number of carbonyl (C=O) groups excluding carboxylic acids is 3. The number of esters is 1. The second kappa shape index (κ2) is 12.2. The molecule has 0 bridgehead atoms. The number of nitrogens with two attached hydrogens (primary N) is 1. The Balaban J connectivity index is 1.49. The number of fused-ring (bicyclic) bond motifs is 1. The van der Waals surface area contributed by atoms with Gasteiger partial charge in [-0.2, -0.15) is 13.2 Å². The first-order chi connectivity index (χ1) is 20.6. The summed E-state index contributed by atoms with van der Waals surface area (Å²) in [6.45, 7) is -0.218. The van der Waals surface area contributed by atoms with Crippen LogP contribution in [0.1, 0.15) is 32.6 Å². The predicted molar refractivity (Wildman–Crippen MR) is 153 cm³/mol. The Morgan fingerprint density at radius 2 is 1.51 bits per heavy atom. The molecule has 0 radical (unpaired) electrons. The molecule has 0 aliphatic carbocycles. The van der Waals surface area contributed by atoms with Crippen molar-refractivity contribution >= 4 is 28.6 Å². The van der Waals surface area contributed by atoms with E-state index in [-0.39, 0.29) is 23.6 Å². The summed E-state index contributed by atoms with van der Waals surface area (Å²) in [5, 5.41) is 3.09. The lowest BCUT2D eigenvalue weighted by molar-refractivity contribution is -0.205. The Hall–Kier alpha value is -5.42. The van der Waals surface area contributed by atoms with Gasteiger partial charge in [-0.15, -0.1) is 0 Å². The van der Waals surface area contributed by atoms with E-state index in [0.29, 0.717) is 33.3 Å². The minimum atomic E-state index is -5.17. The van der Waals surface area contributed by atoms with Gasteiger partial charge < -0.3 is 10.1 Å². The topological polar surface area (TPSA) is 124 Å². The molecule has 43 heavy (non-hydrogen) atoms. The summed E-state index contributed by atoms with van der Waals surface area (Å²) in [6, 6.07) is 27.3. The van der Waals surface area contributed by atoms with Crippen LogP contribution < -0.4 is 11.1 Å². The van der Waals surface area contributed by atoms with Gasteiger partial charge in [-0.05, 0) is 17.7 Å². The summed E-state index contributed by atoms with van der Waals surface area (Å²) in [5.74, 6) is -3.18. The second-order valence-electron chi connectivity index (χ2n) is 9.39. The van der Waals surface area contributed by atoms with Crippen LogP contribution in [0.3, 0.4) is 0 Å². The minimum Gasteiger partial charge on any atom is -0.436 e. The zero-order chi connectivity index (χ0) is 30.6. The Labute approximate surface area is 243 Å². The Kier molecular flexibility index (Phi) is 8.26. The fourth-order valence-electron chi connectivity index (χ4n) is 4.39. The summed E-state index contributed by atoms with van der Waals surface area (Å²) in [4.78, 5) is 46.0. The van der Waals surface area contributed by atoms with E-state index < -0.39 is 24.3 Å². The fourth-order valence-corrected chi connectivity index (χ4v) is 4.39. The number of pyridine rings is 2. The smallest absolute Gasteiger partial charge is 0.436 e. The van der Waals surface area contributed by atoms with E-state index >= 15 is 0 Å². The molecule has 216 valence electrons. The third-order valence-electron chi connectivity index (χ3n) is 6.53. The molecule has 0 saturated heterocycles. The average Bonchev–Trinajstić information content (AvgIpc) is 3.03. The number of alkyl halides is 3.